The number of hydrogen-bond donors (Lipinski definition) is 0. The van der Waals surface area contributed by atoms with Gasteiger partial charge in [0, 0.05) is 0 Å². The van der Waals surface area contributed by atoms with E-state index in [1.807, 2.05) is 0 Å². The minimum Gasteiger partial charge on any atom is -0.365 e. The van der Waals surface area contributed by atoms with E-state index in [2.05, 4.69) is 0 Å². The Kier molecular flexibility index (Phi) is 1.05. The number of ether oxygens (including phenoxy) is 2. The van der Waals surface area contributed by atoms with Crippen molar-refractivity contribution in [1.82, 2.24) is 0 Å². The highest BCUT2D eigenvalue weighted by Gasteiger charge is 2.50. The van der Waals surface area contributed by atoms with E-state index in [1.54, 1.807) is 6.66 Å². The van der Waals surface area contributed by atoms with Gasteiger partial charge in [-0.2, -0.15) is 0 Å². The van der Waals surface area contributed by atoms with Crippen LogP contribution in [0.2, 0.25) is 0 Å². The first-order valence-electron chi connectivity index (χ1n) is 3.01. The number of epoxide rings is 2. The van der Waals surface area contributed by atoms with Crippen LogP contribution in [0.3, 0.4) is 0 Å². The zero-order valence-corrected chi connectivity index (χ0v) is 6.14. The van der Waals surface area contributed by atoms with E-state index < -0.39 is 7.14 Å². The highest BCUT2D eigenvalue weighted by molar-refractivity contribution is 7.64. The van der Waals surface area contributed by atoms with Crippen LogP contribution in [0.25, 0.3) is 0 Å². The Hall–Kier alpha value is 0.150. The third kappa shape index (κ3) is 0.936. The monoisotopic (exact) mass is 148 g/mol. The van der Waals surface area contributed by atoms with E-state index in [-0.39, 0.29) is 11.7 Å². The Labute approximate surface area is 53.7 Å². The summed E-state index contributed by atoms with van der Waals surface area (Å²) in [6.45, 7) is 3.11. The standard InChI is InChI=1S/C5H9O3P/c1-9(6,4-2-7-4)5-3-8-5/h4-5H,2-3H2,1H3. The predicted octanol–water partition coefficient (Wildman–Crippen LogP) is 0.692. The van der Waals surface area contributed by atoms with Crippen molar-refractivity contribution in [2.45, 2.75) is 11.7 Å². The molecule has 3 nitrogen and oxygen atoms in total. The van der Waals surface area contributed by atoms with Gasteiger partial charge in [-0.15, -0.1) is 0 Å². The molecule has 2 unspecified atom stereocenters. The van der Waals surface area contributed by atoms with Crippen molar-refractivity contribution in [3.63, 3.8) is 0 Å². The van der Waals surface area contributed by atoms with E-state index >= 15 is 0 Å². The van der Waals surface area contributed by atoms with Crippen molar-refractivity contribution in [3.05, 3.63) is 0 Å². The van der Waals surface area contributed by atoms with Gasteiger partial charge < -0.3 is 14.0 Å². The van der Waals surface area contributed by atoms with Gasteiger partial charge in [0.25, 0.3) is 0 Å². The highest BCUT2D eigenvalue weighted by Crippen LogP contribution is 2.61. The second-order valence-corrected chi connectivity index (χ2v) is 5.90. The second-order valence-electron chi connectivity index (χ2n) is 2.63. The molecule has 2 heterocycles. The van der Waals surface area contributed by atoms with Gasteiger partial charge in [0.05, 0.1) is 13.2 Å². The maximum Gasteiger partial charge on any atom is 0.144 e. The van der Waals surface area contributed by atoms with Crippen LogP contribution in [0.15, 0.2) is 0 Å². The summed E-state index contributed by atoms with van der Waals surface area (Å²) in [5, 5.41) is 0. The SMILES string of the molecule is CP(=O)(C1CO1)C1CO1. The molecule has 4 heteroatoms. The molecule has 2 fully saturated rings. The lowest BCUT2D eigenvalue weighted by Crippen LogP contribution is -1.94. The molecule has 2 saturated heterocycles. The molecule has 0 bridgehead atoms. The largest absolute Gasteiger partial charge is 0.365 e. The molecule has 9 heavy (non-hydrogen) atoms. The molecule has 2 aliphatic heterocycles. The summed E-state index contributed by atoms with van der Waals surface area (Å²) in [6, 6.07) is 0. The van der Waals surface area contributed by atoms with E-state index in [4.69, 9.17) is 9.47 Å². The third-order valence-electron chi connectivity index (χ3n) is 1.78. The van der Waals surface area contributed by atoms with Crippen LogP contribution >= 0.6 is 7.14 Å². The topological polar surface area (TPSA) is 42.1 Å². The van der Waals surface area contributed by atoms with Gasteiger partial charge in [-0.25, -0.2) is 0 Å². The first kappa shape index (κ1) is 5.90. The summed E-state index contributed by atoms with van der Waals surface area (Å²) < 4.78 is 21.4. The Balaban J connectivity index is 2.10. The van der Waals surface area contributed by atoms with Crippen LogP contribution in [-0.4, -0.2) is 31.6 Å². The first-order valence-corrected chi connectivity index (χ1v) is 5.30. The van der Waals surface area contributed by atoms with Crippen LogP contribution in [0.1, 0.15) is 0 Å². The van der Waals surface area contributed by atoms with Crippen LogP contribution in [0.4, 0.5) is 0 Å². The van der Waals surface area contributed by atoms with Crippen molar-refractivity contribution in [3.8, 4) is 0 Å². The summed E-state index contributed by atoms with van der Waals surface area (Å²) >= 11 is 0. The van der Waals surface area contributed by atoms with Gasteiger partial charge in [-0.1, -0.05) is 0 Å². The van der Waals surface area contributed by atoms with Crippen LogP contribution in [0.5, 0.6) is 0 Å². The molecule has 0 radical (unpaired) electrons. The molecule has 2 rings (SSSR count). The van der Waals surface area contributed by atoms with Gasteiger partial charge >= 0.3 is 0 Å². The molecule has 0 amide bonds. The van der Waals surface area contributed by atoms with Crippen molar-refractivity contribution in [1.29, 1.82) is 0 Å². The maximum absolute atomic E-state index is 11.5. The van der Waals surface area contributed by atoms with Gasteiger partial charge in [0.15, 0.2) is 0 Å². The van der Waals surface area contributed by atoms with E-state index in [1.165, 1.54) is 0 Å². The van der Waals surface area contributed by atoms with Crippen molar-refractivity contribution in [2.75, 3.05) is 19.9 Å². The zero-order chi connectivity index (χ0) is 6.48. The van der Waals surface area contributed by atoms with Crippen molar-refractivity contribution >= 4 is 7.14 Å². The Bertz CT molecular complexity index is 155. The lowest BCUT2D eigenvalue weighted by atomic mass is 11.0. The molecule has 0 saturated carbocycles. The van der Waals surface area contributed by atoms with Gasteiger partial charge in [-0.3, -0.25) is 0 Å². The fourth-order valence-corrected chi connectivity index (χ4v) is 2.59. The molecular weight excluding hydrogens is 139 g/mol. The Morgan fingerprint density at radius 1 is 1.33 bits per heavy atom. The summed E-state index contributed by atoms with van der Waals surface area (Å²) in [7, 11) is -2.06. The molecule has 0 N–H and O–H groups in total. The Morgan fingerprint density at radius 3 is 1.89 bits per heavy atom. The lowest BCUT2D eigenvalue weighted by Gasteiger charge is -2.02. The average Bonchev–Trinajstić information content (AvgIpc) is 2.62. The molecule has 0 spiro atoms. The molecule has 0 aliphatic carbocycles. The summed E-state index contributed by atoms with van der Waals surface area (Å²) in [5.41, 5.74) is 0. The minimum absolute atomic E-state index is 0.0324. The molecular formula is C5H9O3P. The third-order valence-corrected chi connectivity index (χ3v) is 4.66. The Morgan fingerprint density at radius 2 is 1.67 bits per heavy atom. The predicted molar refractivity (Wildman–Crippen MR) is 33.0 cm³/mol. The number of rotatable bonds is 2. The summed E-state index contributed by atoms with van der Waals surface area (Å²) in [5.74, 6) is 0.0648. The van der Waals surface area contributed by atoms with E-state index in [9.17, 15) is 4.57 Å². The van der Waals surface area contributed by atoms with Crippen molar-refractivity contribution < 1.29 is 14.0 Å². The van der Waals surface area contributed by atoms with Crippen molar-refractivity contribution in [2.24, 2.45) is 0 Å². The normalized spacial score (nSPS) is 45.9. The average molecular weight is 148 g/mol. The quantitative estimate of drug-likeness (QED) is 0.427. The minimum atomic E-state index is -2.06. The maximum atomic E-state index is 11.5. The van der Waals surface area contributed by atoms with Gasteiger partial charge in [0.1, 0.15) is 18.8 Å². The summed E-state index contributed by atoms with van der Waals surface area (Å²) in [4.78, 5) is 0. The van der Waals surface area contributed by atoms with E-state index in [0.717, 1.165) is 0 Å². The fraction of sp³-hybridized carbons (Fsp3) is 1.00. The lowest BCUT2D eigenvalue weighted by molar-refractivity contribution is 0.423. The van der Waals surface area contributed by atoms with Gasteiger partial charge in [0.2, 0.25) is 0 Å². The molecule has 2 aliphatic rings. The molecule has 0 aromatic carbocycles. The molecule has 52 valence electrons. The number of hydrogen-bond acceptors (Lipinski definition) is 3. The fourth-order valence-electron chi connectivity index (χ4n) is 0.864. The smallest absolute Gasteiger partial charge is 0.144 e. The van der Waals surface area contributed by atoms with Crippen LogP contribution in [0, 0.1) is 0 Å². The van der Waals surface area contributed by atoms with Crippen LogP contribution < -0.4 is 0 Å². The zero-order valence-electron chi connectivity index (χ0n) is 5.24. The van der Waals surface area contributed by atoms with Gasteiger partial charge in [-0.05, 0) is 6.66 Å². The first-order chi connectivity index (χ1) is 4.21. The second kappa shape index (κ2) is 1.60. The molecule has 0 aromatic rings. The van der Waals surface area contributed by atoms with Crippen LogP contribution in [-0.2, 0) is 14.0 Å². The summed E-state index contributed by atoms with van der Waals surface area (Å²) in [6.07, 6.45) is 0. The highest BCUT2D eigenvalue weighted by atomic mass is 31.2. The molecule has 0 aromatic heterocycles. The van der Waals surface area contributed by atoms with E-state index in [0.29, 0.717) is 13.2 Å². The molecule has 2 atom stereocenters.